The maximum atomic E-state index is 13.4. The molecule has 10 heteroatoms. The zero-order valence-corrected chi connectivity index (χ0v) is 17.1. The number of benzene rings is 2. The number of alkyl halides is 3. The molecule has 2 aromatic rings. The Kier molecular flexibility index (Phi) is 9.01. The van der Waals surface area contributed by atoms with Gasteiger partial charge in [-0.05, 0) is 60.8 Å². The van der Waals surface area contributed by atoms with Crippen LogP contribution in [0.3, 0.4) is 0 Å². The largest absolute Gasteiger partial charge is 0.481 e. The Morgan fingerprint density at radius 2 is 1.66 bits per heavy atom. The molecule has 1 aliphatic rings. The lowest BCUT2D eigenvalue weighted by atomic mass is 9.96. The molecule has 0 aromatic heterocycles. The highest BCUT2D eigenvalue weighted by atomic mass is 19.4. The molecule has 0 fully saturated rings. The highest BCUT2D eigenvalue weighted by Crippen LogP contribution is 2.38. The monoisotopic (exact) mass is 456 g/mol. The Hall–Kier alpha value is -3.14. The van der Waals surface area contributed by atoms with Crippen LogP contribution in [0.15, 0.2) is 36.4 Å². The second-order valence-electron chi connectivity index (χ2n) is 7.14. The molecule has 0 saturated carbocycles. The molecule has 32 heavy (non-hydrogen) atoms. The summed E-state index contributed by atoms with van der Waals surface area (Å²) in [5.41, 5.74) is 1.68. The predicted octanol–water partition coefficient (Wildman–Crippen LogP) is 4.08. The Morgan fingerprint density at radius 3 is 2.25 bits per heavy atom. The number of hydrogen-bond acceptors (Lipinski definition) is 4. The Labute approximate surface area is 182 Å². The Bertz CT molecular complexity index is 934. The predicted molar refractivity (Wildman–Crippen MR) is 110 cm³/mol. The molecule has 0 spiro atoms. The normalized spacial score (nSPS) is 13.2. The quantitative estimate of drug-likeness (QED) is 0.489. The number of carbonyl (C=O) groups is 2. The molecule has 3 rings (SSSR count). The number of hydrogen-bond donors (Lipinski definition) is 4. The third-order valence-corrected chi connectivity index (χ3v) is 4.75. The van der Waals surface area contributed by atoms with E-state index in [1.54, 1.807) is 18.2 Å². The van der Waals surface area contributed by atoms with E-state index in [-0.39, 0.29) is 25.1 Å². The van der Waals surface area contributed by atoms with Crippen LogP contribution < -0.4 is 10.6 Å². The maximum absolute atomic E-state index is 13.4. The van der Waals surface area contributed by atoms with Crippen LogP contribution in [0.25, 0.3) is 0 Å². The van der Waals surface area contributed by atoms with Gasteiger partial charge in [-0.15, -0.1) is 0 Å². The second kappa shape index (κ2) is 11.5. The van der Waals surface area contributed by atoms with Gasteiger partial charge in [0.25, 0.3) is 0 Å². The van der Waals surface area contributed by atoms with E-state index in [0.29, 0.717) is 30.5 Å². The summed E-state index contributed by atoms with van der Waals surface area (Å²) >= 11 is 0. The summed E-state index contributed by atoms with van der Waals surface area (Å²) in [5, 5.41) is 21.9. The molecule has 1 heterocycles. The van der Waals surface area contributed by atoms with Crippen molar-refractivity contribution in [3.63, 3.8) is 0 Å². The van der Waals surface area contributed by atoms with Crippen molar-refractivity contribution in [1.82, 2.24) is 5.32 Å². The summed E-state index contributed by atoms with van der Waals surface area (Å²) in [5.74, 6) is -2.55. The lowest BCUT2D eigenvalue weighted by Crippen LogP contribution is -2.17. The van der Waals surface area contributed by atoms with Gasteiger partial charge in [0, 0.05) is 6.54 Å². The summed E-state index contributed by atoms with van der Waals surface area (Å²) in [4.78, 5) is 19.3. The number of rotatable bonds is 6. The van der Waals surface area contributed by atoms with Gasteiger partial charge in [-0.1, -0.05) is 18.2 Å². The molecule has 6 nitrogen and oxygen atoms in total. The van der Waals surface area contributed by atoms with Crippen LogP contribution in [0.1, 0.15) is 35.1 Å². The van der Waals surface area contributed by atoms with Gasteiger partial charge in [-0.3, -0.25) is 9.59 Å². The molecule has 0 saturated heterocycles. The van der Waals surface area contributed by atoms with Crippen molar-refractivity contribution in [2.24, 2.45) is 0 Å². The fourth-order valence-corrected chi connectivity index (χ4v) is 3.26. The van der Waals surface area contributed by atoms with Crippen LogP contribution >= 0.6 is 0 Å². The minimum absolute atomic E-state index is 0.118. The van der Waals surface area contributed by atoms with Crippen molar-refractivity contribution in [2.45, 2.75) is 38.4 Å². The van der Waals surface area contributed by atoms with E-state index in [2.05, 4.69) is 10.6 Å². The van der Waals surface area contributed by atoms with Gasteiger partial charge in [0.15, 0.2) is 0 Å². The van der Waals surface area contributed by atoms with Gasteiger partial charge in [-0.25, -0.2) is 4.39 Å². The number of halogens is 4. The molecule has 0 unspecified atom stereocenters. The zero-order valence-electron chi connectivity index (χ0n) is 17.1. The minimum Gasteiger partial charge on any atom is -0.481 e. The first-order valence-electron chi connectivity index (χ1n) is 9.92. The number of anilines is 1. The SMILES string of the molecule is Fc1cccc(CNc2c(C(F)(F)F)ccc3c2CCNCC3)c1.O=C(O)CCC(=O)O. The van der Waals surface area contributed by atoms with E-state index in [0.717, 1.165) is 18.2 Å². The van der Waals surface area contributed by atoms with Gasteiger partial charge < -0.3 is 20.8 Å². The topological polar surface area (TPSA) is 98.7 Å². The molecule has 0 atom stereocenters. The number of nitrogens with one attached hydrogen (secondary N) is 2. The molecule has 2 aromatic carbocycles. The van der Waals surface area contributed by atoms with Crippen molar-refractivity contribution >= 4 is 17.6 Å². The third-order valence-electron chi connectivity index (χ3n) is 4.75. The fraction of sp³-hybridized carbons (Fsp3) is 0.364. The van der Waals surface area contributed by atoms with Crippen LogP contribution in [0.5, 0.6) is 0 Å². The highest BCUT2D eigenvalue weighted by molar-refractivity contribution is 5.75. The van der Waals surface area contributed by atoms with Crippen LogP contribution in [-0.2, 0) is 35.2 Å². The Balaban J connectivity index is 0.000000390. The zero-order chi connectivity index (χ0) is 23.7. The number of aliphatic carboxylic acids is 2. The maximum Gasteiger partial charge on any atom is 0.418 e. The number of fused-ring (bicyclic) bond motifs is 1. The molecular weight excluding hydrogens is 432 g/mol. The van der Waals surface area contributed by atoms with Crippen LogP contribution in [0.2, 0.25) is 0 Å². The lowest BCUT2D eigenvalue weighted by molar-refractivity contribution is -0.143. The molecular formula is C22H24F4N2O4. The first-order valence-corrected chi connectivity index (χ1v) is 9.92. The van der Waals surface area contributed by atoms with Gasteiger partial charge in [-0.2, -0.15) is 13.2 Å². The summed E-state index contributed by atoms with van der Waals surface area (Å²) < 4.78 is 53.5. The minimum atomic E-state index is -4.43. The van der Waals surface area contributed by atoms with E-state index in [1.165, 1.54) is 12.1 Å². The molecule has 0 aliphatic carbocycles. The van der Waals surface area contributed by atoms with E-state index in [4.69, 9.17) is 10.2 Å². The van der Waals surface area contributed by atoms with Crippen molar-refractivity contribution in [3.05, 3.63) is 64.5 Å². The first-order chi connectivity index (χ1) is 15.1. The molecule has 174 valence electrons. The van der Waals surface area contributed by atoms with E-state index < -0.39 is 29.5 Å². The summed E-state index contributed by atoms with van der Waals surface area (Å²) in [7, 11) is 0. The molecule has 4 N–H and O–H groups in total. The smallest absolute Gasteiger partial charge is 0.418 e. The first kappa shape index (κ1) is 25.1. The Morgan fingerprint density at radius 1 is 1.00 bits per heavy atom. The van der Waals surface area contributed by atoms with E-state index in [1.807, 2.05) is 0 Å². The fourth-order valence-electron chi connectivity index (χ4n) is 3.26. The van der Waals surface area contributed by atoms with Crippen molar-refractivity contribution in [1.29, 1.82) is 0 Å². The van der Waals surface area contributed by atoms with Gasteiger partial charge in [0.2, 0.25) is 0 Å². The highest BCUT2D eigenvalue weighted by Gasteiger charge is 2.35. The van der Waals surface area contributed by atoms with Crippen LogP contribution in [0, 0.1) is 5.82 Å². The molecule has 1 aliphatic heterocycles. The van der Waals surface area contributed by atoms with Crippen molar-refractivity contribution < 1.29 is 37.4 Å². The van der Waals surface area contributed by atoms with Crippen LogP contribution in [0.4, 0.5) is 23.2 Å². The van der Waals surface area contributed by atoms with Crippen LogP contribution in [-0.4, -0.2) is 35.2 Å². The molecule has 0 radical (unpaired) electrons. The summed E-state index contributed by atoms with van der Waals surface area (Å²) in [6, 6.07) is 8.57. The van der Waals surface area contributed by atoms with Gasteiger partial charge in [0.05, 0.1) is 24.1 Å². The average molecular weight is 456 g/mol. The standard InChI is InChI=1S/C18H18F4N2.C4H6O4/c19-14-3-1-2-12(10-14)11-24-17-15-7-9-23-8-6-13(15)4-5-16(17)18(20,21)22;5-3(6)1-2-4(7)8/h1-5,10,23-24H,6-9,11H2;1-2H2,(H,5,6)(H,7,8). The number of carboxylic acid groups (broad SMARTS) is 2. The van der Waals surface area contributed by atoms with Gasteiger partial charge >= 0.3 is 18.1 Å². The van der Waals surface area contributed by atoms with E-state index >= 15 is 0 Å². The molecule has 0 bridgehead atoms. The lowest BCUT2D eigenvalue weighted by Gasteiger charge is -2.20. The van der Waals surface area contributed by atoms with Crippen molar-refractivity contribution in [3.8, 4) is 0 Å². The second-order valence-corrected chi connectivity index (χ2v) is 7.14. The third kappa shape index (κ3) is 7.84. The van der Waals surface area contributed by atoms with Gasteiger partial charge in [0.1, 0.15) is 5.82 Å². The number of carboxylic acids is 2. The van der Waals surface area contributed by atoms with Crippen molar-refractivity contribution in [2.75, 3.05) is 18.4 Å². The average Bonchev–Trinajstić information content (AvgIpc) is 2.96. The summed E-state index contributed by atoms with van der Waals surface area (Å²) in [6.45, 7) is 1.54. The van der Waals surface area contributed by atoms with E-state index in [9.17, 15) is 27.2 Å². The summed E-state index contributed by atoms with van der Waals surface area (Å²) in [6.07, 6.45) is -3.80. The molecule has 0 amide bonds.